The van der Waals surface area contributed by atoms with Crippen molar-refractivity contribution in [2.45, 2.75) is 6.92 Å². The van der Waals surface area contributed by atoms with Crippen LogP contribution in [0.3, 0.4) is 0 Å². The highest BCUT2D eigenvalue weighted by Crippen LogP contribution is 2.29. The molecule has 0 aliphatic carbocycles. The number of nitrogens with one attached hydrogen (secondary N) is 1. The van der Waals surface area contributed by atoms with Crippen LogP contribution in [0.5, 0.6) is 5.75 Å². The summed E-state index contributed by atoms with van der Waals surface area (Å²) in [6, 6.07) is 24.0. The van der Waals surface area contributed by atoms with Crippen LogP contribution in [0.2, 0.25) is 0 Å². The molecule has 0 bridgehead atoms. The summed E-state index contributed by atoms with van der Waals surface area (Å²) in [5.41, 5.74) is 2.97. The molecule has 28 heavy (non-hydrogen) atoms. The van der Waals surface area contributed by atoms with Gasteiger partial charge in [0.1, 0.15) is 5.75 Å². The van der Waals surface area contributed by atoms with Gasteiger partial charge in [-0.25, -0.2) is 4.79 Å². The molecule has 3 aromatic rings. The van der Waals surface area contributed by atoms with Crippen LogP contribution in [0.1, 0.15) is 17.3 Å². The second kappa shape index (κ2) is 9.37. The topological polar surface area (TPSA) is 64.6 Å². The Labute approximate surface area is 163 Å². The van der Waals surface area contributed by atoms with Crippen LogP contribution in [0.25, 0.3) is 11.1 Å². The SMILES string of the molecule is CCOC(=O)c1ccc(NC(=O)COc2ccccc2-c2ccccc2)cc1. The molecule has 3 aromatic carbocycles. The van der Waals surface area contributed by atoms with Crippen molar-refractivity contribution < 1.29 is 19.1 Å². The minimum Gasteiger partial charge on any atom is -0.483 e. The van der Waals surface area contributed by atoms with Gasteiger partial charge >= 0.3 is 5.97 Å². The Morgan fingerprint density at radius 3 is 2.25 bits per heavy atom. The van der Waals surface area contributed by atoms with Crippen LogP contribution in [0.15, 0.2) is 78.9 Å². The van der Waals surface area contributed by atoms with Gasteiger partial charge in [0.25, 0.3) is 5.91 Å². The molecule has 3 rings (SSSR count). The number of esters is 1. The van der Waals surface area contributed by atoms with Gasteiger partial charge in [-0.3, -0.25) is 4.79 Å². The van der Waals surface area contributed by atoms with Gasteiger partial charge in [0.15, 0.2) is 6.61 Å². The van der Waals surface area contributed by atoms with Crippen LogP contribution < -0.4 is 10.1 Å². The largest absolute Gasteiger partial charge is 0.483 e. The highest BCUT2D eigenvalue weighted by atomic mass is 16.5. The van der Waals surface area contributed by atoms with E-state index in [0.29, 0.717) is 23.6 Å². The van der Waals surface area contributed by atoms with E-state index in [2.05, 4.69) is 5.32 Å². The van der Waals surface area contributed by atoms with Crippen molar-refractivity contribution in [2.75, 3.05) is 18.5 Å². The first kappa shape index (κ1) is 19.2. The summed E-state index contributed by atoms with van der Waals surface area (Å²) in [6.45, 7) is 1.95. The Bertz CT molecular complexity index is 936. The smallest absolute Gasteiger partial charge is 0.338 e. The number of benzene rings is 3. The molecule has 5 heteroatoms. The minimum atomic E-state index is -0.388. The molecule has 1 amide bonds. The van der Waals surface area contributed by atoms with Crippen molar-refractivity contribution in [1.82, 2.24) is 0 Å². The summed E-state index contributed by atoms with van der Waals surface area (Å²) < 4.78 is 10.7. The lowest BCUT2D eigenvalue weighted by atomic mass is 10.1. The first-order valence-corrected chi connectivity index (χ1v) is 9.01. The van der Waals surface area contributed by atoms with E-state index in [9.17, 15) is 9.59 Å². The standard InChI is InChI=1S/C23H21NO4/c1-2-27-23(26)18-12-14-19(15-13-18)24-22(25)16-28-21-11-7-6-10-20(21)17-8-4-3-5-9-17/h3-15H,2,16H2,1H3,(H,24,25). The molecule has 0 unspecified atom stereocenters. The molecule has 0 aromatic heterocycles. The van der Waals surface area contributed by atoms with Crippen LogP contribution in [-0.2, 0) is 9.53 Å². The molecule has 142 valence electrons. The average molecular weight is 375 g/mol. The average Bonchev–Trinajstić information content (AvgIpc) is 2.74. The van der Waals surface area contributed by atoms with E-state index in [0.717, 1.165) is 11.1 Å². The van der Waals surface area contributed by atoms with E-state index in [4.69, 9.17) is 9.47 Å². The van der Waals surface area contributed by atoms with Crippen molar-refractivity contribution in [3.8, 4) is 16.9 Å². The molecular formula is C23H21NO4. The Morgan fingerprint density at radius 1 is 0.857 bits per heavy atom. The van der Waals surface area contributed by atoms with E-state index in [1.165, 1.54) is 0 Å². The summed E-state index contributed by atoms with van der Waals surface area (Å²) in [6.07, 6.45) is 0. The Kier molecular flexibility index (Phi) is 6.41. The fourth-order valence-corrected chi connectivity index (χ4v) is 2.69. The molecular weight excluding hydrogens is 354 g/mol. The number of hydrogen-bond donors (Lipinski definition) is 1. The normalized spacial score (nSPS) is 10.2. The lowest BCUT2D eigenvalue weighted by Gasteiger charge is -2.12. The quantitative estimate of drug-likeness (QED) is 0.616. The summed E-state index contributed by atoms with van der Waals surface area (Å²) in [5, 5.41) is 2.75. The van der Waals surface area contributed by atoms with Gasteiger partial charge in [0.05, 0.1) is 12.2 Å². The monoisotopic (exact) mass is 375 g/mol. The molecule has 0 aliphatic rings. The molecule has 0 saturated carbocycles. The lowest BCUT2D eigenvalue weighted by Crippen LogP contribution is -2.20. The fourth-order valence-electron chi connectivity index (χ4n) is 2.69. The number of carbonyl (C=O) groups excluding carboxylic acids is 2. The van der Waals surface area contributed by atoms with Gasteiger partial charge in [-0.05, 0) is 42.8 Å². The van der Waals surface area contributed by atoms with Gasteiger partial charge < -0.3 is 14.8 Å². The zero-order valence-electron chi connectivity index (χ0n) is 15.6. The number of amides is 1. The molecule has 0 heterocycles. The maximum absolute atomic E-state index is 12.2. The number of anilines is 1. The van der Waals surface area contributed by atoms with Crippen LogP contribution in [0, 0.1) is 0 Å². The van der Waals surface area contributed by atoms with E-state index in [1.807, 2.05) is 54.6 Å². The van der Waals surface area contributed by atoms with Crippen molar-refractivity contribution in [3.05, 3.63) is 84.4 Å². The Morgan fingerprint density at radius 2 is 1.54 bits per heavy atom. The molecule has 0 aliphatic heterocycles. The Balaban J connectivity index is 1.60. The number of para-hydroxylation sites is 1. The Hall–Kier alpha value is -3.60. The molecule has 0 saturated heterocycles. The third kappa shape index (κ3) is 4.98. The van der Waals surface area contributed by atoms with Gasteiger partial charge in [-0.15, -0.1) is 0 Å². The number of ether oxygens (including phenoxy) is 2. The lowest BCUT2D eigenvalue weighted by molar-refractivity contribution is -0.118. The van der Waals surface area contributed by atoms with Crippen LogP contribution >= 0.6 is 0 Å². The molecule has 0 fully saturated rings. The van der Waals surface area contributed by atoms with E-state index < -0.39 is 0 Å². The van der Waals surface area contributed by atoms with Crippen molar-refractivity contribution >= 4 is 17.6 Å². The fraction of sp³-hybridized carbons (Fsp3) is 0.130. The van der Waals surface area contributed by atoms with E-state index in [1.54, 1.807) is 31.2 Å². The first-order valence-electron chi connectivity index (χ1n) is 9.01. The molecule has 0 atom stereocenters. The van der Waals surface area contributed by atoms with E-state index in [-0.39, 0.29) is 18.5 Å². The highest BCUT2D eigenvalue weighted by Gasteiger charge is 2.10. The first-order chi connectivity index (χ1) is 13.7. The van der Waals surface area contributed by atoms with Crippen molar-refractivity contribution in [2.24, 2.45) is 0 Å². The van der Waals surface area contributed by atoms with Gasteiger partial charge in [-0.1, -0.05) is 48.5 Å². The summed E-state index contributed by atoms with van der Waals surface area (Å²) in [5.74, 6) is -0.0329. The summed E-state index contributed by atoms with van der Waals surface area (Å²) in [4.78, 5) is 23.9. The zero-order chi connectivity index (χ0) is 19.8. The third-order valence-electron chi connectivity index (χ3n) is 4.01. The summed E-state index contributed by atoms with van der Waals surface area (Å²) in [7, 11) is 0. The number of hydrogen-bond acceptors (Lipinski definition) is 4. The maximum Gasteiger partial charge on any atom is 0.338 e. The van der Waals surface area contributed by atoms with E-state index >= 15 is 0 Å². The molecule has 0 spiro atoms. The second-order valence-electron chi connectivity index (χ2n) is 6.00. The van der Waals surface area contributed by atoms with Gasteiger partial charge in [0.2, 0.25) is 0 Å². The van der Waals surface area contributed by atoms with Crippen molar-refractivity contribution in [1.29, 1.82) is 0 Å². The van der Waals surface area contributed by atoms with Gasteiger partial charge in [0, 0.05) is 11.3 Å². The van der Waals surface area contributed by atoms with Crippen LogP contribution in [0.4, 0.5) is 5.69 Å². The molecule has 5 nitrogen and oxygen atoms in total. The van der Waals surface area contributed by atoms with Gasteiger partial charge in [-0.2, -0.15) is 0 Å². The zero-order valence-corrected chi connectivity index (χ0v) is 15.6. The minimum absolute atomic E-state index is 0.122. The van der Waals surface area contributed by atoms with Crippen LogP contribution in [-0.4, -0.2) is 25.1 Å². The predicted octanol–water partition coefficient (Wildman–Crippen LogP) is 4.55. The third-order valence-corrected chi connectivity index (χ3v) is 4.01. The predicted molar refractivity (Wildman–Crippen MR) is 108 cm³/mol. The number of rotatable bonds is 7. The second-order valence-corrected chi connectivity index (χ2v) is 6.00. The maximum atomic E-state index is 12.2. The molecule has 1 N–H and O–H groups in total. The summed E-state index contributed by atoms with van der Waals surface area (Å²) >= 11 is 0. The van der Waals surface area contributed by atoms with Crippen molar-refractivity contribution in [3.63, 3.8) is 0 Å². The molecule has 0 radical (unpaired) electrons. The number of carbonyl (C=O) groups is 2. The highest BCUT2D eigenvalue weighted by molar-refractivity contribution is 5.93.